The topological polar surface area (TPSA) is 86.2 Å². The van der Waals surface area contributed by atoms with Crippen molar-refractivity contribution in [2.75, 3.05) is 20.8 Å². The van der Waals surface area contributed by atoms with E-state index in [4.69, 9.17) is 14.2 Å². The first-order valence-electron chi connectivity index (χ1n) is 9.74. The maximum Gasteiger partial charge on any atom is 0.280 e. The van der Waals surface area contributed by atoms with Gasteiger partial charge in [0, 0.05) is 11.6 Å². The van der Waals surface area contributed by atoms with Crippen LogP contribution in [0.15, 0.2) is 88.9 Å². The molecule has 7 nitrogen and oxygen atoms in total. The summed E-state index contributed by atoms with van der Waals surface area (Å²) in [6.45, 7) is 0.354. The number of nitrogens with one attached hydrogen (secondary N) is 1. The first-order valence-corrected chi connectivity index (χ1v) is 11.2. The highest BCUT2D eigenvalue weighted by atomic mass is 32.2. The molecule has 3 rings (SSSR count). The second-order valence-electron chi connectivity index (χ2n) is 6.53. The van der Waals surface area contributed by atoms with Crippen LogP contribution < -0.4 is 19.0 Å². The second kappa shape index (κ2) is 11.0. The van der Waals surface area contributed by atoms with Crippen molar-refractivity contribution in [3.63, 3.8) is 0 Å². The third kappa shape index (κ3) is 6.12. The van der Waals surface area contributed by atoms with Crippen LogP contribution in [-0.2, 0) is 10.0 Å². The SMILES string of the molecule is COc1ccc(OC)c(S(=O)(=O)NN=Cc2ccccc2OCC=Cc2ccccc2)c1. The Balaban J connectivity index is 1.69. The highest BCUT2D eigenvalue weighted by Gasteiger charge is 2.20. The fourth-order valence-electron chi connectivity index (χ4n) is 2.81. The van der Waals surface area contributed by atoms with Gasteiger partial charge in [-0.05, 0) is 35.9 Å². The minimum absolute atomic E-state index is 0.0768. The van der Waals surface area contributed by atoms with Crippen LogP contribution in [0.4, 0.5) is 0 Å². The Labute approximate surface area is 188 Å². The van der Waals surface area contributed by atoms with E-state index < -0.39 is 10.0 Å². The normalized spacial score (nSPS) is 11.6. The fourth-order valence-corrected chi connectivity index (χ4v) is 3.79. The summed E-state index contributed by atoms with van der Waals surface area (Å²) in [4.78, 5) is 2.13. The van der Waals surface area contributed by atoms with Gasteiger partial charge in [0.25, 0.3) is 10.0 Å². The van der Waals surface area contributed by atoms with Gasteiger partial charge in [-0.2, -0.15) is 18.4 Å². The van der Waals surface area contributed by atoms with E-state index in [0.29, 0.717) is 23.7 Å². The minimum atomic E-state index is -3.98. The van der Waals surface area contributed by atoms with Gasteiger partial charge in [0.2, 0.25) is 0 Å². The summed E-state index contributed by atoms with van der Waals surface area (Å²) in [6.07, 6.45) is 5.26. The molecule has 3 aromatic carbocycles. The first-order chi connectivity index (χ1) is 15.5. The van der Waals surface area contributed by atoms with Crippen LogP contribution in [0.5, 0.6) is 17.2 Å². The monoisotopic (exact) mass is 452 g/mol. The van der Waals surface area contributed by atoms with Crippen LogP contribution in [0.3, 0.4) is 0 Å². The Morgan fingerprint density at radius 2 is 1.66 bits per heavy atom. The molecule has 1 N–H and O–H groups in total. The van der Waals surface area contributed by atoms with Gasteiger partial charge in [-0.15, -0.1) is 0 Å². The summed E-state index contributed by atoms with van der Waals surface area (Å²) in [7, 11) is -1.13. The second-order valence-corrected chi connectivity index (χ2v) is 8.16. The van der Waals surface area contributed by atoms with Gasteiger partial charge in [-0.1, -0.05) is 48.5 Å². The molecule has 0 saturated carbocycles. The molecule has 0 unspecified atom stereocenters. The predicted molar refractivity (Wildman–Crippen MR) is 125 cm³/mol. The molecule has 0 atom stereocenters. The number of ether oxygens (including phenoxy) is 3. The zero-order chi connectivity index (χ0) is 22.8. The van der Waals surface area contributed by atoms with E-state index in [1.807, 2.05) is 54.6 Å². The van der Waals surface area contributed by atoms with Crippen LogP contribution in [-0.4, -0.2) is 35.5 Å². The van der Waals surface area contributed by atoms with Gasteiger partial charge in [0.1, 0.15) is 28.8 Å². The average Bonchev–Trinajstić information content (AvgIpc) is 2.82. The van der Waals surface area contributed by atoms with Gasteiger partial charge in [-0.3, -0.25) is 0 Å². The van der Waals surface area contributed by atoms with E-state index >= 15 is 0 Å². The number of benzene rings is 3. The summed E-state index contributed by atoms with van der Waals surface area (Å²) in [5, 5.41) is 3.90. The standard InChI is InChI=1S/C24H24N2O5S/c1-29-21-14-15-23(30-2)24(17-21)32(27,28)26-25-18-20-12-6-7-13-22(20)31-16-8-11-19-9-4-3-5-10-19/h3-15,17-18,26H,16H2,1-2H3. The molecule has 8 heteroatoms. The predicted octanol–water partition coefficient (Wildman–Crippen LogP) is 4.11. The third-order valence-corrected chi connectivity index (χ3v) is 5.64. The largest absolute Gasteiger partial charge is 0.497 e. The molecule has 0 aliphatic rings. The Kier molecular flexibility index (Phi) is 7.88. The van der Waals surface area contributed by atoms with Crippen molar-refractivity contribution in [2.45, 2.75) is 4.90 Å². The molecule has 0 saturated heterocycles. The van der Waals surface area contributed by atoms with E-state index in [0.717, 1.165) is 5.56 Å². The van der Waals surface area contributed by atoms with Gasteiger partial charge < -0.3 is 14.2 Å². The number of methoxy groups -OCH3 is 2. The quantitative estimate of drug-likeness (QED) is 0.370. The van der Waals surface area contributed by atoms with Crippen molar-refractivity contribution in [1.82, 2.24) is 4.83 Å². The molecular formula is C24H24N2O5S. The van der Waals surface area contributed by atoms with Crippen molar-refractivity contribution in [2.24, 2.45) is 5.10 Å². The molecular weight excluding hydrogens is 428 g/mol. The third-order valence-electron chi connectivity index (χ3n) is 4.40. The number of sulfonamides is 1. The highest BCUT2D eigenvalue weighted by molar-refractivity contribution is 7.89. The number of nitrogens with zero attached hydrogens (tertiary/aromatic N) is 1. The lowest BCUT2D eigenvalue weighted by molar-refractivity contribution is 0.363. The number of hydrogen-bond acceptors (Lipinski definition) is 6. The minimum Gasteiger partial charge on any atom is -0.497 e. The average molecular weight is 453 g/mol. The van der Waals surface area contributed by atoms with Gasteiger partial charge >= 0.3 is 0 Å². The van der Waals surface area contributed by atoms with E-state index in [1.54, 1.807) is 18.2 Å². The smallest absolute Gasteiger partial charge is 0.280 e. The number of rotatable bonds is 10. The number of hydrazone groups is 1. The lowest BCUT2D eigenvalue weighted by Gasteiger charge is -2.10. The lowest BCUT2D eigenvalue weighted by atomic mass is 10.2. The number of hydrogen-bond donors (Lipinski definition) is 1. The maximum atomic E-state index is 12.7. The van der Waals surface area contributed by atoms with Crippen LogP contribution >= 0.6 is 0 Å². The lowest BCUT2D eigenvalue weighted by Crippen LogP contribution is -2.19. The Bertz CT molecular complexity index is 1190. The Morgan fingerprint density at radius 1 is 0.906 bits per heavy atom. The molecule has 0 heterocycles. The Hall–Kier alpha value is -3.78. The number of para-hydroxylation sites is 1. The molecule has 166 valence electrons. The van der Waals surface area contributed by atoms with Gasteiger partial charge in [0.15, 0.2) is 0 Å². The summed E-state index contributed by atoms with van der Waals surface area (Å²) < 4.78 is 41.5. The van der Waals surface area contributed by atoms with Crippen LogP contribution in [0.25, 0.3) is 6.08 Å². The highest BCUT2D eigenvalue weighted by Crippen LogP contribution is 2.28. The van der Waals surface area contributed by atoms with Gasteiger partial charge in [-0.25, -0.2) is 0 Å². The first kappa shape index (κ1) is 22.9. The molecule has 0 spiro atoms. The summed E-state index contributed by atoms with van der Waals surface area (Å²) in [5.41, 5.74) is 1.70. The molecule has 0 aromatic heterocycles. The van der Waals surface area contributed by atoms with Crippen LogP contribution in [0, 0.1) is 0 Å². The summed E-state index contributed by atoms with van der Waals surface area (Å²) >= 11 is 0. The van der Waals surface area contributed by atoms with Crippen molar-refractivity contribution in [1.29, 1.82) is 0 Å². The van der Waals surface area contributed by atoms with Crippen molar-refractivity contribution in [3.05, 3.63) is 90.0 Å². The molecule has 32 heavy (non-hydrogen) atoms. The van der Waals surface area contributed by atoms with Crippen LogP contribution in [0.2, 0.25) is 0 Å². The van der Waals surface area contributed by atoms with Gasteiger partial charge in [0.05, 0.1) is 20.4 Å². The zero-order valence-electron chi connectivity index (χ0n) is 17.8. The molecule has 0 aliphatic carbocycles. The molecule has 3 aromatic rings. The summed E-state index contributed by atoms with van der Waals surface area (Å²) in [5.74, 6) is 1.15. The van der Waals surface area contributed by atoms with Crippen molar-refractivity contribution >= 4 is 22.3 Å². The Morgan fingerprint density at radius 3 is 2.41 bits per heavy atom. The maximum absolute atomic E-state index is 12.7. The zero-order valence-corrected chi connectivity index (χ0v) is 18.6. The fraction of sp³-hybridized carbons (Fsp3) is 0.125. The molecule has 0 bridgehead atoms. The molecule has 0 radical (unpaired) electrons. The molecule has 0 aliphatic heterocycles. The van der Waals surface area contributed by atoms with E-state index in [9.17, 15) is 8.42 Å². The van der Waals surface area contributed by atoms with Crippen molar-refractivity contribution < 1.29 is 22.6 Å². The van der Waals surface area contributed by atoms with Crippen molar-refractivity contribution in [3.8, 4) is 17.2 Å². The van der Waals surface area contributed by atoms with Crippen LogP contribution in [0.1, 0.15) is 11.1 Å². The van der Waals surface area contributed by atoms with E-state index in [1.165, 1.54) is 32.6 Å². The summed E-state index contributed by atoms with van der Waals surface area (Å²) in [6, 6.07) is 21.6. The van der Waals surface area contributed by atoms with E-state index in [-0.39, 0.29) is 10.6 Å². The molecule has 0 fully saturated rings. The molecule has 0 amide bonds. The van der Waals surface area contributed by atoms with E-state index in [2.05, 4.69) is 9.93 Å².